The molecule has 132 valence electrons. The van der Waals surface area contributed by atoms with Crippen LogP contribution in [0.15, 0.2) is 55.0 Å². The zero-order valence-corrected chi connectivity index (χ0v) is 13.0. The van der Waals surface area contributed by atoms with Gasteiger partial charge in [-0.25, -0.2) is 18.2 Å². The molecule has 0 aliphatic rings. The molecule has 0 aliphatic carbocycles. The summed E-state index contributed by atoms with van der Waals surface area (Å²) in [5.74, 6) is -4.01. The summed E-state index contributed by atoms with van der Waals surface area (Å²) in [5.41, 5.74) is 4.24. The van der Waals surface area contributed by atoms with Crippen molar-refractivity contribution in [2.75, 3.05) is 0 Å². The first-order chi connectivity index (χ1) is 12.5. The number of hydrogen-bond donors (Lipinski definition) is 2. The molecule has 0 unspecified atom stereocenters. The number of imidazole rings is 1. The van der Waals surface area contributed by atoms with Crippen molar-refractivity contribution in [3.05, 3.63) is 83.7 Å². The second kappa shape index (κ2) is 7.09. The summed E-state index contributed by atoms with van der Waals surface area (Å²) in [5, 5.41) is 0. The summed E-state index contributed by atoms with van der Waals surface area (Å²) in [6, 6.07) is 7.76. The van der Waals surface area contributed by atoms with E-state index in [1.807, 2.05) is 5.43 Å². The Morgan fingerprint density at radius 2 is 1.54 bits per heavy atom. The quantitative estimate of drug-likeness (QED) is 0.704. The summed E-state index contributed by atoms with van der Waals surface area (Å²) >= 11 is 0. The third-order valence-corrected chi connectivity index (χ3v) is 3.44. The molecule has 0 fully saturated rings. The molecule has 0 radical (unpaired) electrons. The summed E-state index contributed by atoms with van der Waals surface area (Å²) in [7, 11) is 0. The lowest BCUT2D eigenvalue weighted by atomic mass is 10.2. The number of hydrogen-bond acceptors (Lipinski definition) is 3. The molecule has 0 atom stereocenters. The molecule has 6 nitrogen and oxygen atoms in total. The third kappa shape index (κ3) is 3.56. The van der Waals surface area contributed by atoms with Crippen LogP contribution in [0.1, 0.15) is 20.8 Å². The average molecular weight is 360 g/mol. The van der Waals surface area contributed by atoms with E-state index in [4.69, 9.17) is 0 Å². The van der Waals surface area contributed by atoms with Crippen LogP contribution in [0.3, 0.4) is 0 Å². The van der Waals surface area contributed by atoms with Gasteiger partial charge in [-0.05, 0) is 36.4 Å². The Balaban J connectivity index is 1.72. The molecule has 9 heteroatoms. The Morgan fingerprint density at radius 3 is 2.23 bits per heavy atom. The Bertz CT molecular complexity index is 970. The summed E-state index contributed by atoms with van der Waals surface area (Å²) < 4.78 is 40.8. The van der Waals surface area contributed by atoms with E-state index in [2.05, 4.69) is 10.4 Å². The molecule has 3 aromatic rings. The summed E-state index contributed by atoms with van der Waals surface area (Å²) in [6.07, 6.45) is 2.58. The molecule has 1 heterocycles. The van der Waals surface area contributed by atoms with Gasteiger partial charge in [0.25, 0.3) is 11.8 Å². The van der Waals surface area contributed by atoms with Crippen molar-refractivity contribution in [2.24, 2.45) is 0 Å². The number of halogens is 3. The number of amides is 2. The molecule has 0 saturated carbocycles. The topological polar surface area (TPSA) is 76.0 Å². The van der Waals surface area contributed by atoms with Crippen LogP contribution >= 0.6 is 0 Å². The third-order valence-electron chi connectivity index (χ3n) is 3.44. The molecule has 0 spiro atoms. The summed E-state index contributed by atoms with van der Waals surface area (Å²) in [4.78, 5) is 28.0. The van der Waals surface area contributed by atoms with Crippen LogP contribution in [0, 0.1) is 17.5 Å². The predicted octanol–water partition coefficient (Wildman–Crippen LogP) is 2.36. The number of rotatable bonds is 3. The highest BCUT2D eigenvalue weighted by Gasteiger charge is 2.16. The fourth-order valence-corrected chi connectivity index (χ4v) is 2.19. The van der Waals surface area contributed by atoms with Gasteiger partial charge in [0.1, 0.15) is 23.1 Å². The number of carbonyl (C=O) groups excluding carboxylic acids is 2. The minimum absolute atomic E-state index is 0.0523. The molecule has 0 saturated heterocycles. The Labute approximate surface area is 145 Å². The van der Waals surface area contributed by atoms with Gasteiger partial charge in [-0.2, -0.15) is 0 Å². The van der Waals surface area contributed by atoms with E-state index in [0.717, 1.165) is 12.1 Å². The van der Waals surface area contributed by atoms with Crippen molar-refractivity contribution >= 4 is 11.8 Å². The largest absolute Gasteiger partial charge is 0.295 e. The first-order valence-corrected chi connectivity index (χ1v) is 7.30. The second-order valence-corrected chi connectivity index (χ2v) is 5.16. The fraction of sp³-hybridized carbons (Fsp3) is 0. The van der Waals surface area contributed by atoms with Crippen molar-refractivity contribution in [1.82, 2.24) is 20.4 Å². The van der Waals surface area contributed by atoms with Crippen LogP contribution in [0.25, 0.3) is 5.69 Å². The maximum absolute atomic E-state index is 13.6. The van der Waals surface area contributed by atoms with Gasteiger partial charge in [0.2, 0.25) is 0 Å². The number of benzene rings is 2. The minimum atomic E-state index is -1.06. The maximum atomic E-state index is 13.6. The highest BCUT2D eigenvalue weighted by molar-refractivity contribution is 5.98. The molecule has 2 N–H and O–H groups in total. The highest BCUT2D eigenvalue weighted by Crippen LogP contribution is 2.12. The van der Waals surface area contributed by atoms with E-state index in [1.165, 1.54) is 41.4 Å². The van der Waals surface area contributed by atoms with Gasteiger partial charge in [0.05, 0.1) is 18.1 Å². The average Bonchev–Trinajstić information content (AvgIpc) is 3.10. The van der Waals surface area contributed by atoms with Gasteiger partial charge in [-0.3, -0.25) is 25.0 Å². The normalized spacial score (nSPS) is 10.4. The van der Waals surface area contributed by atoms with E-state index in [1.54, 1.807) is 0 Å². The van der Waals surface area contributed by atoms with E-state index in [9.17, 15) is 22.8 Å². The predicted molar refractivity (Wildman–Crippen MR) is 84.8 cm³/mol. The van der Waals surface area contributed by atoms with Crippen LogP contribution in [-0.2, 0) is 0 Å². The highest BCUT2D eigenvalue weighted by atomic mass is 19.1. The molecular formula is C17H11F3N4O2. The van der Waals surface area contributed by atoms with Crippen molar-refractivity contribution in [1.29, 1.82) is 0 Å². The molecule has 26 heavy (non-hydrogen) atoms. The van der Waals surface area contributed by atoms with Crippen LogP contribution < -0.4 is 10.9 Å². The van der Waals surface area contributed by atoms with Gasteiger partial charge in [-0.15, -0.1) is 0 Å². The number of carbonyl (C=O) groups is 2. The van der Waals surface area contributed by atoms with Crippen LogP contribution in [-0.4, -0.2) is 21.4 Å². The van der Waals surface area contributed by atoms with Gasteiger partial charge < -0.3 is 0 Å². The SMILES string of the molecule is O=C(NNC(=O)c1cncn1-c1ccc(F)cc1)c1ccc(F)cc1F. The standard InChI is InChI=1S/C17H11F3N4O2/c18-10-1-4-12(5-2-10)24-9-21-8-15(24)17(26)23-22-16(25)13-6-3-11(19)7-14(13)20/h1-9H,(H,22,25)(H,23,26). The van der Waals surface area contributed by atoms with Gasteiger partial charge >= 0.3 is 0 Å². The number of nitrogens with one attached hydrogen (secondary N) is 2. The lowest BCUT2D eigenvalue weighted by molar-refractivity contribution is 0.0840. The second-order valence-electron chi connectivity index (χ2n) is 5.16. The zero-order valence-electron chi connectivity index (χ0n) is 13.0. The van der Waals surface area contributed by atoms with E-state index in [0.29, 0.717) is 11.8 Å². The molecule has 0 bridgehead atoms. The Kier molecular flexibility index (Phi) is 4.70. The summed E-state index contributed by atoms with van der Waals surface area (Å²) in [6.45, 7) is 0. The van der Waals surface area contributed by atoms with Crippen LogP contribution in [0.5, 0.6) is 0 Å². The van der Waals surface area contributed by atoms with Crippen molar-refractivity contribution in [3.63, 3.8) is 0 Å². The van der Waals surface area contributed by atoms with Gasteiger partial charge in [0.15, 0.2) is 0 Å². The molecule has 3 rings (SSSR count). The Morgan fingerprint density at radius 1 is 0.885 bits per heavy atom. The van der Waals surface area contributed by atoms with Crippen molar-refractivity contribution in [3.8, 4) is 5.69 Å². The van der Waals surface area contributed by atoms with Gasteiger partial charge in [0, 0.05) is 11.8 Å². The van der Waals surface area contributed by atoms with E-state index in [-0.39, 0.29) is 5.69 Å². The van der Waals surface area contributed by atoms with E-state index < -0.39 is 34.8 Å². The molecular weight excluding hydrogens is 349 g/mol. The van der Waals surface area contributed by atoms with Crippen LogP contribution in [0.2, 0.25) is 0 Å². The number of aromatic nitrogens is 2. The van der Waals surface area contributed by atoms with Crippen LogP contribution in [0.4, 0.5) is 13.2 Å². The minimum Gasteiger partial charge on any atom is -0.295 e. The monoisotopic (exact) mass is 360 g/mol. The maximum Gasteiger partial charge on any atom is 0.288 e. The zero-order chi connectivity index (χ0) is 18.7. The molecule has 2 amide bonds. The van der Waals surface area contributed by atoms with Gasteiger partial charge in [-0.1, -0.05) is 0 Å². The molecule has 0 aliphatic heterocycles. The smallest absolute Gasteiger partial charge is 0.288 e. The number of nitrogens with zero attached hydrogens (tertiary/aromatic N) is 2. The van der Waals surface area contributed by atoms with E-state index >= 15 is 0 Å². The molecule has 2 aromatic carbocycles. The lowest BCUT2D eigenvalue weighted by Crippen LogP contribution is -2.42. The molecule has 1 aromatic heterocycles. The van der Waals surface area contributed by atoms with Crippen molar-refractivity contribution < 1.29 is 22.8 Å². The fourth-order valence-electron chi connectivity index (χ4n) is 2.19. The Hall–Kier alpha value is -3.62. The lowest BCUT2D eigenvalue weighted by Gasteiger charge is -2.10. The first-order valence-electron chi connectivity index (χ1n) is 7.30. The van der Waals surface area contributed by atoms with Crippen molar-refractivity contribution in [2.45, 2.75) is 0 Å². The first kappa shape index (κ1) is 17.2. The number of hydrazine groups is 1.